The molecule has 0 aliphatic heterocycles. The van der Waals surface area contributed by atoms with Crippen molar-refractivity contribution >= 4 is 5.97 Å². The third-order valence-corrected chi connectivity index (χ3v) is 6.27. The van der Waals surface area contributed by atoms with Gasteiger partial charge in [-0.2, -0.15) is 0 Å². The van der Waals surface area contributed by atoms with Crippen molar-refractivity contribution in [2.24, 2.45) is 0 Å². The van der Waals surface area contributed by atoms with Gasteiger partial charge in [-0.15, -0.1) is 0 Å². The fraction of sp³-hybridized carbons (Fsp3) is 0.219. The van der Waals surface area contributed by atoms with Gasteiger partial charge < -0.3 is 9.47 Å². The second kappa shape index (κ2) is 13.4. The van der Waals surface area contributed by atoms with Crippen molar-refractivity contribution in [3.05, 3.63) is 144 Å². The molecule has 0 saturated heterocycles. The molecule has 4 aromatic rings. The maximum atomic E-state index is 13.2. The van der Waals surface area contributed by atoms with Crippen LogP contribution < -0.4 is 0 Å². The maximum absolute atomic E-state index is 13.2. The summed E-state index contributed by atoms with van der Waals surface area (Å²) in [6, 6.07) is 40.7. The van der Waals surface area contributed by atoms with Gasteiger partial charge in [-0.05, 0) is 28.7 Å². The first-order chi connectivity index (χ1) is 17.7. The number of nitrogens with zero attached hydrogens (tertiary/aromatic N) is 1. The Hall–Kier alpha value is -3.73. The number of carbonyl (C=O) groups is 1. The van der Waals surface area contributed by atoms with Crippen molar-refractivity contribution in [1.29, 1.82) is 0 Å². The Morgan fingerprint density at radius 2 is 1.06 bits per heavy atom. The Kier molecular flexibility index (Phi) is 9.43. The highest BCUT2D eigenvalue weighted by Crippen LogP contribution is 2.23. The predicted molar refractivity (Wildman–Crippen MR) is 143 cm³/mol. The van der Waals surface area contributed by atoms with E-state index in [1.807, 2.05) is 84.9 Å². The molecule has 0 unspecified atom stereocenters. The zero-order valence-electron chi connectivity index (χ0n) is 20.7. The summed E-state index contributed by atoms with van der Waals surface area (Å²) in [7, 11) is 1.43. The van der Waals surface area contributed by atoms with Crippen molar-refractivity contribution < 1.29 is 14.3 Å². The Balaban J connectivity index is 1.70. The lowest BCUT2D eigenvalue weighted by molar-refractivity contribution is -0.161. The summed E-state index contributed by atoms with van der Waals surface area (Å²) in [5, 5.41) is 0. The minimum atomic E-state index is -0.761. The van der Waals surface area contributed by atoms with Gasteiger partial charge in [0.1, 0.15) is 0 Å². The average molecular weight is 480 g/mol. The predicted octanol–water partition coefficient (Wildman–Crippen LogP) is 6.06. The Bertz CT molecular complexity index is 1130. The zero-order chi connectivity index (χ0) is 25.0. The first-order valence-electron chi connectivity index (χ1n) is 12.3. The lowest BCUT2D eigenvalue weighted by Crippen LogP contribution is -2.49. The van der Waals surface area contributed by atoms with Crippen molar-refractivity contribution in [3.8, 4) is 0 Å². The Morgan fingerprint density at radius 3 is 1.50 bits per heavy atom. The van der Waals surface area contributed by atoms with E-state index in [0.29, 0.717) is 26.1 Å². The molecule has 4 heteroatoms. The van der Waals surface area contributed by atoms with E-state index in [2.05, 4.69) is 41.3 Å². The van der Waals surface area contributed by atoms with E-state index >= 15 is 0 Å². The molecule has 0 saturated carbocycles. The molecule has 0 aliphatic carbocycles. The van der Waals surface area contributed by atoms with E-state index in [-0.39, 0.29) is 12.0 Å². The summed E-state index contributed by atoms with van der Waals surface area (Å²) >= 11 is 0. The summed E-state index contributed by atoms with van der Waals surface area (Å²) in [5.74, 6) is -0.363. The molecule has 0 aliphatic rings. The molecule has 0 radical (unpaired) electrons. The van der Waals surface area contributed by atoms with Crippen LogP contribution in [-0.2, 0) is 40.4 Å². The van der Waals surface area contributed by atoms with Crippen LogP contribution in [0, 0.1) is 0 Å². The van der Waals surface area contributed by atoms with Gasteiger partial charge in [0, 0.05) is 13.1 Å². The van der Waals surface area contributed by atoms with Crippen LogP contribution in [0.25, 0.3) is 0 Å². The fourth-order valence-corrected chi connectivity index (χ4v) is 4.42. The largest absolute Gasteiger partial charge is 0.467 e. The van der Waals surface area contributed by atoms with Crippen LogP contribution in [-0.4, -0.2) is 30.1 Å². The molecule has 0 spiro atoms. The first-order valence-corrected chi connectivity index (χ1v) is 12.3. The minimum Gasteiger partial charge on any atom is -0.467 e. The van der Waals surface area contributed by atoms with Gasteiger partial charge in [-0.3, -0.25) is 4.90 Å². The lowest BCUT2D eigenvalue weighted by atomic mass is 9.97. The fourth-order valence-electron chi connectivity index (χ4n) is 4.42. The number of methoxy groups -OCH3 is 1. The van der Waals surface area contributed by atoms with E-state index < -0.39 is 6.10 Å². The van der Waals surface area contributed by atoms with Crippen LogP contribution in [0.1, 0.15) is 22.3 Å². The molecular weight excluding hydrogens is 446 g/mol. The highest BCUT2D eigenvalue weighted by atomic mass is 16.6. The quantitative estimate of drug-likeness (QED) is 0.232. The monoisotopic (exact) mass is 479 g/mol. The number of carbonyl (C=O) groups excluding carboxylic acids is 1. The van der Waals surface area contributed by atoms with Crippen molar-refractivity contribution in [2.75, 3.05) is 7.11 Å². The van der Waals surface area contributed by atoms with Gasteiger partial charge in [-0.25, -0.2) is 4.79 Å². The lowest BCUT2D eigenvalue weighted by Gasteiger charge is -2.36. The molecule has 2 atom stereocenters. The van der Waals surface area contributed by atoms with Gasteiger partial charge in [-0.1, -0.05) is 121 Å². The summed E-state index contributed by atoms with van der Waals surface area (Å²) in [4.78, 5) is 15.5. The third kappa shape index (κ3) is 7.38. The molecule has 4 nitrogen and oxygen atoms in total. The summed E-state index contributed by atoms with van der Waals surface area (Å²) in [6.45, 7) is 1.68. The van der Waals surface area contributed by atoms with Gasteiger partial charge >= 0.3 is 5.97 Å². The van der Waals surface area contributed by atoms with Crippen LogP contribution >= 0.6 is 0 Å². The molecule has 184 valence electrons. The van der Waals surface area contributed by atoms with Crippen molar-refractivity contribution in [2.45, 2.75) is 38.3 Å². The number of benzene rings is 4. The summed E-state index contributed by atoms with van der Waals surface area (Å²) in [6.07, 6.45) is -0.113. The van der Waals surface area contributed by atoms with Gasteiger partial charge in [0.25, 0.3) is 0 Å². The molecule has 0 aromatic heterocycles. The average Bonchev–Trinajstić information content (AvgIpc) is 2.94. The van der Waals surface area contributed by atoms with E-state index in [4.69, 9.17) is 9.47 Å². The topological polar surface area (TPSA) is 38.8 Å². The summed E-state index contributed by atoms with van der Waals surface area (Å²) < 4.78 is 11.6. The van der Waals surface area contributed by atoms with Crippen LogP contribution in [0.2, 0.25) is 0 Å². The second-order valence-electron chi connectivity index (χ2n) is 8.87. The Morgan fingerprint density at radius 1 is 0.639 bits per heavy atom. The number of esters is 1. The van der Waals surface area contributed by atoms with Crippen LogP contribution in [0.4, 0.5) is 0 Å². The van der Waals surface area contributed by atoms with Crippen LogP contribution in [0.5, 0.6) is 0 Å². The van der Waals surface area contributed by atoms with Gasteiger partial charge in [0.05, 0.1) is 19.8 Å². The van der Waals surface area contributed by atoms with E-state index in [1.54, 1.807) is 0 Å². The standard InChI is InChI=1S/C32H33NO3/c1-35-32(34)31(36-25-29-20-12-5-13-21-29)30(22-26-14-6-2-7-15-26)33(23-27-16-8-3-9-17-27)24-28-18-10-4-11-19-28/h2-21,30-31H,22-25H2,1H3/t30-,31+/m0/s1. The number of ether oxygens (including phenoxy) is 2. The molecule has 36 heavy (non-hydrogen) atoms. The summed E-state index contributed by atoms with van der Waals surface area (Å²) in [5.41, 5.74) is 4.52. The minimum absolute atomic E-state index is 0.246. The molecule has 0 bridgehead atoms. The molecule has 0 amide bonds. The molecule has 0 N–H and O–H groups in total. The molecule has 4 aromatic carbocycles. The Labute approximate surface area is 214 Å². The SMILES string of the molecule is COC(=O)[C@H](OCc1ccccc1)[C@H](Cc1ccccc1)N(Cc1ccccc1)Cc1ccccc1. The number of rotatable bonds is 12. The highest BCUT2D eigenvalue weighted by Gasteiger charge is 2.35. The van der Waals surface area contributed by atoms with Gasteiger partial charge in [0.2, 0.25) is 0 Å². The smallest absolute Gasteiger partial charge is 0.336 e. The van der Waals surface area contributed by atoms with Crippen LogP contribution in [0.3, 0.4) is 0 Å². The molecule has 0 heterocycles. The number of hydrogen-bond donors (Lipinski definition) is 0. The van der Waals surface area contributed by atoms with E-state index in [0.717, 1.165) is 11.1 Å². The number of hydrogen-bond acceptors (Lipinski definition) is 4. The van der Waals surface area contributed by atoms with Crippen molar-refractivity contribution in [1.82, 2.24) is 4.90 Å². The van der Waals surface area contributed by atoms with Crippen LogP contribution in [0.15, 0.2) is 121 Å². The molecule has 4 rings (SSSR count). The highest BCUT2D eigenvalue weighted by molar-refractivity contribution is 5.75. The normalized spacial score (nSPS) is 12.7. The molecular formula is C32H33NO3. The maximum Gasteiger partial charge on any atom is 0.336 e. The first kappa shape index (κ1) is 25.4. The molecule has 0 fully saturated rings. The van der Waals surface area contributed by atoms with Crippen molar-refractivity contribution in [3.63, 3.8) is 0 Å². The third-order valence-electron chi connectivity index (χ3n) is 6.27. The van der Waals surface area contributed by atoms with E-state index in [1.165, 1.54) is 18.2 Å². The van der Waals surface area contributed by atoms with Gasteiger partial charge in [0.15, 0.2) is 6.10 Å². The zero-order valence-corrected chi connectivity index (χ0v) is 20.7. The second-order valence-corrected chi connectivity index (χ2v) is 8.87. The van der Waals surface area contributed by atoms with E-state index in [9.17, 15) is 4.79 Å².